The van der Waals surface area contributed by atoms with Gasteiger partial charge in [0.15, 0.2) is 0 Å². The van der Waals surface area contributed by atoms with E-state index in [9.17, 15) is 0 Å². The van der Waals surface area contributed by atoms with Gasteiger partial charge in [0.25, 0.3) is 0 Å². The predicted molar refractivity (Wildman–Crippen MR) is 63.6 cm³/mol. The van der Waals surface area contributed by atoms with Crippen molar-refractivity contribution in [1.82, 2.24) is 15.1 Å². The Morgan fingerprint density at radius 1 is 1.06 bits per heavy atom. The molecule has 88 valence electrons. The van der Waals surface area contributed by atoms with E-state index >= 15 is 0 Å². The third-order valence-corrected chi connectivity index (χ3v) is 2.98. The summed E-state index contributed by atoms with van der Waals surface area (Å²) in [5, 5.41) is 4.01. The highest BCUT2D eigenvalue weighted by molar-refractivity contribution is 5.54. The summed E-state index contributed by atoms with van der Waals surface area (Å²) in [6.07, 6.45) is 7.15. The number of piperidine rings is 1. The Morgan fingerprint density at radius 3 is 2.59 bits per heavy atom. The summed E-state index contributed by atoms with van der Waals surface area (Å²) < 4.78 is 5.30. The minimum Gasteiger partial charge on any atom is -0.324 e. The zero-order valence-corrected chi connectivity index (χ0v) is 9.54. The standard InChI is InChI=1S/C12H14N4O/c1-2-8-16(9-3-1)12-14-11(15-17-12)10-4-6-13-7-5-10/h4-7H,1-3,8-9H2. The van der Waals surface area contributed by atoms with E-state index in [4.69, 9.17) is 4.52 Å². The van der Waals surface area contributed by atoms with Crippen LogP contribution in [0.15, 0.2) is 29.0 Å². The van der Waals surface area contributed by atoms with Crippen molar-refractivity contribution in [3.63, 3.8) is 0 Å². The molecule has 1 aliphatic heterocycles. The van der Waals surface area contributed by atoms with Gasteiger partial charge in [-0.15, -0.1) is 0 Å². The van der Waals surface area contributed by atoms with Gasteiger partial charge in [0.2, 0.25) is 5.82 Å². The van der Waals surface area contributed by atoms with Crippen LogP contribution in [0.1, 0.15) is 19.3 Å². The first kappa shape index (κ1) is 10.3. The smallest absolute Gasteiger partial charge is 0.324 e. The minimum absolute atomic E-state index is 0.632. The number of rotatable bonds is 2. The van der Waals surface area contributed by atoms with E-state index in [2.05, 4.69) is 20.0 Å². The molecular formula is C12H14N4O. The predicted octanol–water partition coefficient (Wildman–Crippen LogP) is 2.12. The maximum absolute atomic E-state index is 5.30. The van der Waals surface area contributed by atoms with E-state index in [-0.39, 0.29) is 0 Å². The van der Waals surface area contributed by atoms with Crippen LogP contribution in [0.3, 0.4) is 0 Å². The van der Waals surface area contributed by atoms with E-state index in [1.54, 1.807) is 12.4 Å². The summed E-state index contributed by atoms with van der Waals surface area (Å²) in [6, 6.07) is 4.40. The average Bonchev–Trinajstić information content (AvgIpc) is 2.90. The van der Waals surface area contributed by atoms with Crippen LogP contribution in [0.25, 0.3) is 11.4 Å². The Bertz CT molecular complexity index is 476. The second kappa shape index (κ2) is 4.53. The molecule has 0 unspecified atom stereocenters. The lowest BCUT2D eigenvalue weighted by molar-refractivity contribution is 0.403. The molecule has 2 aromatic heterocycles. The largest absolute Gasteiger partial charge is 0.324 e. The molecule has 17 heavy (non-hydrogen) atoms. The molecule has 1 aliphatic rings. The van der Waals surface area contributed by atoms with Gasteiger partial charge < -0.3 is 9.42 Å². The molecule has 3 rings (SSSR count). The van der Waals surface area contributed by atoms with E-state index in [1.807, 2.05) is 12.1 Å². The lowest BCUT2D eigenvalue weighted by Crippen LogP contribution is -2.29. The molecule has 2 aromatic rings. The highest BCUT2D eigenvalue weighted by atomic mass is 16.5. The van der Waals surface area contributed by atoms with Crippen LogP contribution in [-0.4, -0.2) is 28.2 Å². The van der Waals surface area contributed by atoms with E-state index in [0.29, 0.717) is 11.8 Å². The highest BCUT2D eigenvalue weighted by Crippen LogP contribution is 2.21. The van der Waals surface area contributed by atoms with Gasteiger partial charge >= 0.3 is 6.01 Å². The van der Waals surface area contributed by atoms with Gasteiger partial charge in [-0.1, -0.05) is 5.16 Å². The zero-order valence-electron chi connectivity index (χ0n) is 9.54. The van der Waals surface area contributed by atoms with Crippen LogP contribution in [0.2, 0.25) is 0 Å². The van der Waals surface area contributed by atoms with Gasteiger partial charge in [-0.3, -0.25) is 4.98 Å². The maximum atomic E-state index is 5.30. The fraction of sp³-hybridized carbons (Fsp3) is 0.417. The van der Waals surface area contributed by atoms with Crippen molar-refractivity contribution >= 4 is 6.01 Å². The molecule has 3 heterocycles. The van der Waals surface area contributed by atoms with Crippen molar-refractivity contribution in [2.45, 2.75) is 19.3 Å². The van der Waals surface area contributed by atoms with Crippen LogP contribution in [-0.2, 0) is 0 Å². The fourth-order valence-electron chi connectivity index (χ4n) is 2.05. The van der Waals surface area contributed by atoms with Crippen molar-refractivity contribution in [3.05, 3.63) is 24.5 Å². The fourth-order valence-corrected chi connectivity index (χ4v) is 2.05. The third kappa shape index (κ3) is 2.13. The van der Waals surface area contributed by atoms with Crippen LogP contribution in [0.4, 0.5) is 6.01 Å². The molecule has 1 fully saturated rings. The molecular weight excluding hydrogens is 216 g/mol. The second-order valence-electron chi connectivity index (χ2n) is 4.18. The second-order valence-corrected chi connectivity index (χ2v) is 4.18. The summed E-state index contributed by atoms with van der Waals surface area (Å²) in [7, 11) is 0. The van der Waals surface area contributed by atoms with E-state index in [0.717, 1.165) is 18.7 Å². The molecule has 0 atom stereocenters. The Balaban J connectivity index is 1.83. The monoisotopic (exact) mass is 230 g/mol. The summed E-state index contributed by atoms with van der Waals surface area (Å²) in [5.41, 5.74) is 0.937. The summed E-state index contributed by atoms with van der Waals surface area (Å²) >= 11 is 0. The topological polar surface area (TPSA) is 55.1 Å². The number of hydrogen-bond donors (Lipinski definition) is 0. The van der Waals surface area contributed by atoms with Gasteiger partial charge in [-0.05, 0) is 31.4 Å². The summed E-state index contributed by atoms with van der Waals surface area (Å²) in [6.45, 7) is 2.02. The molecule has 0 aromatic carbocycles. The Labute approximate surface area is 99.5 Å². The first-order valence-electron chi connectivity index (χ1n) is 5.92. The molecule has 0 radical (unpaired) electrons. The van der Waals surface area contributed by atoms with Gasteiger partial charge in [0.1, 0.15) is 0 Å². The number of aromatic nitrogens is 3. The molecule has 0 N–H and O–H groups in total. The molecule has 1 saturated heterocycles. The number of pyridine rings is 1. The van der Waals surface area contributed by atoms with Crippen LogP contribution >= 0.6 is 0 Å². The number of hydrogen-bond acceptors (Lipinski definition) is 5. The van der Waals surface area contributed by atoms with Gasteiger partial charge in [-0.2, -0.15) is 4.98 Å². The Kier molecular flexibility index (Phi) is 2.73. The van der Waals surface area contributed by atoms with E-state index < -0.39 is 0 Å². The molecule has 5 nitrogen and oxygen atoms in total. The molecule has 0 amide bonds. The van der Waals surface area contributed by atoms with Crippen LogP contribution < -0.4 is 4.90 Å². The third-order valence-electron chi connectivity index (χ3n) is 2.98. The first-order valence-corrected chi connectivity index (χ1v) is 5.92. The Hall–Kier alpha value is -1.91. The molecule has 5 heteroatoms. The summed E-state index contributed by atoms with van der Waals surface area (Å²) in [4.78, 5) is 10.5. The van der Waals surface area contributed by atoms with Crippen LogP contribution in [0.5, 0.6) is 0 Å². The van der Waals surface area contributed by atoms with Crippen molar-refractivity contribution < 1.29 is 4.52 Å². The number of nitrogens with zero attached hydrogens (tertiary/aromatic N) is 4. The lowest BCUT2D eigenvalue weighted by Gasteiger charge is -2.23. The van der Waals surface area contributed by atoms with Gasteiger partial charge in [0.05, 0.1) is 0 Å². The summed E-state index contributed by atoms with van der Waals surface area (Å²) in [5.74, 6) is 0.632. The van der Waals surface area contributed by atoms with Gasteiger partial charge in [0, 0.05) is 31.0 Å². The first-order chi connectivity index (χ1) is 8.43. The molecule has 0 saturated carbocycles. The average molecular weight is 230 g/mol. The minimum atomic E-state index is 0.632. The lowest BCUT2D eigenvalue weighted by atomic mass is 10.1. The Morgan fingerprint density at radius 2 is 1.82 bits per heavy atom. The SMILES string of the molecule is c1cc(-c2noc(N3CCCCC3)n2)ccn1. The molecule has 0 spiro atoms. The van der Waals surface area contributed by atoms with E-state index in [1.165, 1.54) is 19.3 Å². The zero-order chi connectivity index (χ0) is 11.5. The van der Waals surface area contributed by atoms with Crippen LogP contribution in [0, 0.1) is 0 Å². The highest BCUT2D eigenvalue weighted by Gasteiger charge is 2.17. The van der Waals surface area contributed by atoms with Crippen molar-refractivity contribution in [2.24, 2.45) is 0 Å². The van der Waals surface area contributed by atoms with Gasteiger partial charge in [-0.25, -0.2) is 0 Å². The van der Waals surface area contributed by atoms with Crippen molar-refractivity contribution in [1.29, 1.82) is 0 Å². The van der Waals surface area contributed by atoms with Crippen molar-refractivity contribution in [3.8, 4) is 11.4 Å². The van der Waals surface area contributed by atoms with Crippen molar-refractivity contribution in [2.75, 3.05) is 18.0 Å². The number of anilines is 1. The maximum Gasteiger partial charge on any atom is 0.324 e. The molecule has 0 bridgehead atoms. The quantitative estimate of drug-likeness (QED) is 0.791. The molecule has 0 aliphatic carbocycles. The normalized spacial score (nSPS) is 16.1.